The van der Waals surface area contributed by atoms with Crippen molar-refractivity contribution in [3.63, 3.8) is 0 Å². The van der Waals surface area contributed by atoms with Gasteiger partial charge in [0.05, 0.1) is 15.5 Å². The van der Waals surface area contributed by atoms with E-state index in [4.69, 9.17) is 28.3 Å². The summed E-state index contributed by atoms with van der Waals surface area (Å²) in [5, 5.41) is 7.77. The van der Waals surface area contributed by atoms with E-state index in [1.807, 2.05) is 0 Å². The second-order valence-electron chi connectivity index (χ2n) is 4.02. The molecule has 1 aromatic heterocycles. The van der Waals surface area contributed by atoms with Gasteiger partial charge in [-0.1, -0.05) is 29.3 Å². The number of hydrogen-bond donors (Lipinski definition) is 2. The Balaban J connectivity index is 2.25. The van der Waals surface area contributed by atoms with E-state index < -0.39 is 15.9 Å². The summed E-state index contributed by atoms with van der Waals surface area (Å²) in [6.45, 7) is 0. The maximum Gasteiger partial charge on any atom is 0.257 e. The first-order valence-electron chi connectivity index (χ1n) is 5.52. The van der Waals surface area contributed by atoms with Gasteiger partial charge < -0.3 is 5.32 Å². The van der Waals surface area contributed by atoms with E-state index in [-0.39, 0.29) is 26.3 Å². The number of sulfonamides is 1. The third-order valence-electron chi connectivity index (χ3n) is 2.48. The van der Waals surface area contributed by atoms with Crippen LogP contribution in [-0.2, 0) is 10.0 Å². The van der Waals surface area contributed by atoms with Crippen molar-refractivity contribution < 1.29 is 13.2 Å². The van der Waals surface area contributed by atoms with Crippen LogP contribution in [0.3, 0.4) is 0 Å². The van der Waals surface area contributed by atoms with E-state index in [1.54, 1.807) is 0 Å². The number of carbonyl (C=O) groups is 1. The zero-order valence-electron chi connectivity index (χ0n) is 10.4. The Hall–Kier alpha value is -1.67. The van der Waals surface area contributed by atoms with Crippen LogP contribution in [0.1, 0.15) is 10.4 Å². The number of hydrogen-bond acceptors (Lipinski definition) is 4. The SMILES string of the molecule is NS(=O)(=O)c1cccc(NC(=O)c2cnc(Cl)c(Cl)c2)c1. The Morgan fingerprint density at radius 3 is 2.57 bits per heavy atom. The van der Waals surface area contributed by atoms with Crippen LogP contribution in [0, 0.1) is 0 Å². The van der Waals surface area contributed by atoms with Gasteiger partial charge in [-0.2, -0.15) is 0 Å². The van der Waals surface area contributed by atoms with Gasteiger partial charge in [0.1, 0.15) is 5.15 Å². The highest BCUT2D eigenvalue weighted by Crippen LogP contribution is 2.21. The van der Waals surface area contributed by atoms with Gasteiger partial charge in [0.2, 0.25) is 10.0 Å². The van der Waals surface area contributed by atoms with Crippen LogP contribution < -0.4 is 10.5 Å². The minimum Gasteiger partial charge on any atom is -0.322 e. The Morgan fingerprint density at radius 2 is 1.95 bits per heavy atom. The quantitative estimate of drug-likeness (QED) is 0.833. The largest absolute Gasteiger partial charge is 0.322 e. The maximum absolute atomic E-state index is 12.0. The van der Waals surface area contributed by atoms with E-state index in [9.17, 15) is 13.2 Å². The molecule has 110 valence electrons. The summed E-state index contributed by atoms with van der Waals surface area (Å²) in [7, 11) is -3.84. The summed E-state index contributed by atoms with van der Waals surface area (Å²) < 4.78 is 22.5. The number of aromatic nitrogens is 1. The molecule has 0 radical (unpaired) electrons. The molecule has 1 heterocycles. The van der Waals surface area contributed by atoms with Crippen molar-refractivity contribution in [2.24, 2.45) is 5.14 Å². The predicted octanol–water partition coefficient (Wildman–Crippen LogP) is 2.29. The molecule has 0 atom stereocenters. The van der Waals surface area contributed by atoms with Gasteiger partial charge in [-0.15, -0.1) is 0 Å². The number of benzene rings is 1. The molecule has 2 aromatic rings. The second kappa shape index (κ2) is 5.98. The number of primary sulfonamides is 1. The maximum atomic E-state index is 12.0. The fourth-order valence-corrected chi connectivity index (χ4v) is 2.33. The topological polar surface area (TPSA) is 102 Å². The number of rotatable bonds is 3. The van der Waals surface area contributed by atoms with Crippen LogP contribution in [0.25, 0.3) is 0 Å². The molecule has 9 heteroatoms. The van der Waals surface area contributed by atoms with Crippen LogP contribution in [0.15, 0.2) is 41.4 Å². The molecule has 6 nitrogen and oxygen atoms in total. The summed E-state index contributed by atoms with van der Waals surface area (Å²) in [6.07, 6.45) is 1.26. The predicted molar refractivity (Wildman–Crippen MR) is 80.0 cm³/mol. The number of amides is 1. The fourth-order valence-electron chi connectivity index (χ4n) is 1.50. The zero-order chi connectivity index (χ0) is 15.6. The molecular weight excluding hydrogens is 337 g/mol. The molecule has 21 heavy (non-hydrogen) atoms. The summed E-state index contributed by atoms with van der Waals surface area (Å²) in [6, 6.07) is 6.92. The molecule has 0 aliphatic heterocycles. The van der Waals surface area contributed by atoms with Crippen molar-refractivity contribution >= 4 is 44.8 Å². The molecule has 1 amide bonds. The molecule has 0 aliphatic carbocycles. The zero-order valence-corrected chi connectivity index (χ0v) is 12.7. The third kappa shape index (κ3) is 3.92. The molecule has 0 saturated carbocycles. The second-order valence-corrected chi connectivity index (χ2v) is 6.35. The van der Waals surface area contributed by atoms with Gasteiger partial charge in [0.15, 0.2) is 0 Å². The van der Waals surface area contributed by atoms with Crippen molar-refractivity contribution in [1.82, 2.24) is 4.98 Å². The van der Waals surface area contributed by atoms with E-state index in [0.717, 1.165) is 0 Å². The van der Waals surface area contributed by atoms with Gasteiger partial charge in [0.25, 0.3) is 5.91 Å². The minimum absolute atomic E-state index is 0.0874. The van der Waals surface area contributed by atoms with E-state index in [1.165, 1.54) is 36.5 Å². The van der Waals surface area contributed by atoms with Gasteiger partial charge in [0, 0.05) is 11.9 Å². The van der Waals surface area contributed by atoms with Crippen LogP contribution in [0.2, 0.25) is 10.2 Å². The molecule has 0 spiro atoms. The molecule has 0 saturated heterocycles. The van der Waals surface area contributed by atoms with Crippen LogP contribution in [-0.4, -0.2) is 19.3 Å². The number of anilines is 1. The normalized spacial score (nSPS) is 11.2. The van der Waals surface area contributed by atoms with Crippen LogP contribution in [0.4, 0.5) is 5.69 Å². The minimum atomic E-state index is -3.84. The molecule has 3 N–H and O–H groups in total. The monoisotopic (exact) mass is 345 g/mol. The standard InChI is InChI=1S/C12H9Cl2N3O3S/c13-10-4-7(6-16-11(10)14)12(18)17-8-2-1-3-9(5-8)21(15,19)20/h1-6H,(H,17,18)(H2,15,19,20). The Kier molecular flexibility index (Phi) is 4.48. The number of nitrogens with one attached hydrogen (secondary N) is 1. The Morgan fingerprint density at radius 1 is 1.24 bits per heavy atom. The average Bonchev–Trinajstić information content (AvgIpc) is 2.41. The van der Waals surface area contributed by atoms with Crippen LogP contribution in [0.5, 0.6) is 0 Å². The summed E-state index contributed by atoms with van der Waals surface area (Å²) in [5.74, 6) is -0.507. The average molecular weight is 346 g/mol. The highest BCUT2D eigenvalue weighted by Gasteiger charge is 2.12. The summed E-state index contributed by atoms with van der Waals surface area (Å²) in [4.78, 5) is 15.7. The number of nitrogens with two attached hydrogens (primary N) is 1. The van der Waals surface area contributed by atoms with Crippen molar-refractivity contribution in [1.29, 1.82) is 0 Å². The third-order valence-corrected chi connectivity index (χ3v) is 4.08. The fraction of sp³-hybridized carbons (Fsp3) is 0. The first-order valence-corrected chi connectivity index (χ1v) is 7.83. The number of nitrogens with zero attached hydrogens (tertiary/aromatic N) is 1. The van der Waals surface area contributed by atoms with E-state index in [0.29, 0.717) is 0 Å². The lowest BCUT2D eigenvalue weighted by atomic mass is 10.2. The molecule has 1 aromatic carbocycles. The molecule has 0 bridgehead atoms. The molecule has 0 unspecified atom stereocenters. The Bertz CT molecular complexity index is 809. The van der Waals surface area contributed by atoms with Crippen LogP contribution >= 0.6 is 23.2 Å². The van der Waals surface area contributed by atoms with Crippen molar-refractivity contribution in [3.8, 4) is 0 Å². The number of halogens is 2. The smallest absolute Gasteiger partial charge is 0.257 e. The highest BCUT2D eigenvalue weighted by atomic mass is 35.5. The molecule has 0 aliphatic rings. The lowest BCUT2D eigenvalue weighted by Crippen LogP contribution is -2.15. The summed E-state index contributed by atoms with van der Waals surface area (Å²) in [5.41, 5.74) is 0.461. The van der Waals surface area contributed by atoms with Crippen molar-refractivity contribution in [3.05, 3.63) is 52.3 Å². The molecule has 0 fully saturated rings. The lowest BCUT2D eigenvalue weighted by molar-refractivity contribution is 0.102. The number of carbonyl (C=O) groups excluding carboxylic acids is 1. The molecule has 2 rings (SSSR count). The number of pyridine rings is 1. The van der Waals surface area contributed by atoms with Gasteiger partial charge >= 0.3 is 0 Å². The van der Waals surface area contributed by atoms with Gasteiger partial charge in [-0.3, -0.25) is 4.79 Å². The van der Waals surface area contributed by atoms with E-state index in [2.05, 4.69) is 10.3 Å². The molecular formula is C12H9Cl2N3O3S. The van der Waals surface area contributed by atoms with Crippen molar-refractivity contribution in [2.75, 3.05) is 5.32 Å². The Labute approximate surface area is 130 Å². The first kappa shape index (κ1) is 15.7. The lowest BCUT2D eigenvalue weighted by Gasteiger charge is -2.07. The summed E-state index contributed by atoms with van der Waals surface area (Å²) >= 11 is 11.4. The van der Waals surface area contributed by atoms with E-state index >= 15 is 0 Å². The van der Waals surface area contributed by atoms with Crippen molar-refractivity contribution in [2.45, 2.75) is 4.90 Å². The van der Waals surface area contributed by atoms with Gasteiger partial charge in [-0.05, 0) is 24.3 Å². The first-order chi connectivity index (χ1) is 9.77. The van der Waals surface area contributed by atoms with Gasteiger partial charge in [-0.25, -0.2) is 18.5 Å². The highest BCUT2D eigenvalue weighted by molar-refractivity contribution is 7.89.